The fourth-order valence-corrected chi connectivity index (χ4v) is 2.82. The molecule has 17 heavy (non-hydrogen) atoms. The Labute approximate surface area is 105 Å². The second-order valence-corrected chi connectivity index (χ2v) is 6.92. The summed E-state index contributed by atoms with van der Waals surface area (Å²) in [6, 6.07) is 0. The van der Waals surface area contributed by atoms with Gasteiger partial charge < -0.3 is 4.90 Å². The number of nitrogens with zero attached hydrogens (tertiary/aromatic N) is 1. The van der Waals surface area contributed by atoms with E-state index in [1.165, 1.54) is 12.8 Å². The lowest BCUT2D eigenvalue weighted by atomic mass is 9.82. The van der Waals surface area contributed by atoms with Crippen LogP contribution in [0, 0.1) is 11.3 Å². The minimum Gasteiger partial charge on any atom is -0.328 e. The van der Waals surface area contributed by atoms with Gasteiger partial charge in [-0.25, -0.2) is 0 Å². The van der Waals surface area contributed by atoms with Crippen LogP contribution < -0.4 is 5.32 Å². The number of carbonyl (C=O) groups excluding carboxylic acids is 1. The fraction of sp³-hybridized carbons (Fsp3) is 0.929. The van der Waals surface area contributed by atoms with E-state index < -0.39 is 0 Å². The highest BCUT2D eigenvalue weighted by Crippen LogP contribution is 2.35. The molecule has 98 valence electrons. The fourth-order valence-electron chi connectivity index (χ4n) is 2.82. The molecule has 1 amide bonds. The van der Waals surface area contributed by atoms with Crippen LogP contribution in [0.15, 0.2) is 0 Å². The van der Waals surface area contributed by atoms with Crippen LogP contribution >= 0.6 is 0 Å². The molecule has 1 aliphatic heterocycles. The summed E-state index contributed by atoms with van der Waals surface area (Å²) < 4.78 is 0. The molecule has 0 radical (unpaired) electrons. The summed E-state index contributed by atoms with van der Waals surface area (Å²) >= 11 is 0. The van der Waals surface area contributed by atoms with Crippen LogP contribution in [0.3, 0.4) is 0 Å². The van der Waals surface area contributed by atoms with Gasteiger partial charge in [-0.05, 0) is 24.2 Å². The maximum absolute atomic E-state index is 12.5. The zero-order valence-electron chi connectivity index (χ0n) is 11.7. The molecule has 1 N–H and O–H groups in total. The average molecular weight is 238 g/mol. The Hall–Kier alpha value is -0.570. The quantitative estimate of drug-likeness (QED) is 0.801. The SMILES string of the molecule is CC(CN1CNC2(CCCC2)C1=O)C(C)(C)C. The molecule has 0 aromatic carbocycles. The van der Waals surface area contributed by atoms with Gasteiger partial charge >= 0.3 is 0 Å². The molecular weight excluding hydrogens is 212 g/mol. The van der Waals surface area contributed by atoms with Crippen molar-refractivity contribution >= 4 is 5.91 Å². The third kappa shape index (κ3) is 2.35. The van der Waals surface area contributed by atoms with Gasteiger partial charge in [0.25, 0.3) is 0 Å². The summed E-state index contributed by atoms with van der Waals surface area (Å²) in [5.41, 5.74) is 0.0866. The minimum absolute atomic E-state index is 0.183. The Balaban J connectivity index is 1.99. The van der Waals surface area contributed by atoms with Crippen LogP contribution in [0.5, 0.6) is 0 Å². The Bertz CT molecular complexity index is 300. The third-order valence-electron chi connectivity index (χ3n) is 4.73. The van der Waals surface area contributed by atoms with E-state index in [9.17, 15) is 4.79 Å². The van der Waals surface area contributed by atoms with Crippen molar-refractivity contribution in [2.75, 3.05) is 13.2 Å². The van der Waals surface area contributed by atoms with E-state index in [4.69, 9.17) is 0 Å². The molecule has 1 heterocycles. The Morgan fingerprint density at radius 2 is 1.94 bits per heavy atom. The molecule has 1 aliphatic carbocycles. The molecular formula is C14H26N2O. The normalized spacial score (nSPS) is 25.9. The first-order valence-electron chi connectivity index (χ1n) is 6.90. The molecule has 0 bridgehead atoms. The van der Waals surface area contributed by atoms with Crippen LogP contribution in [0.25, 0.3) is 0 Å². The van der Waals surface area contributed by atoms with Gasteiger partial charge in [-0.2, -0.15) is 0 Å². The van der Waals surface area contributed by atoms with Gasteiger partial charge in [-0.1, -0.05) is 40.5 Å². The van der Waals surface area contributed by atoms with Crippen molar-refractivity contribution in [3.05, 3.63) is 0 Å². The van der Waals surface area contributed by atoms with Crippen molar-refractivity contribution in [1.82, 2.24) is 10.2 Å². The van der Waals surface area contributed by atoms with Crippen molar-refractivity contribution in [3.8, 4) is 0 Å². The van der Waals surface area contributed by atoms with Crippen molar-refractivity contribution in [3.63, 3.8) is 0 Å². The molecule has 1 atom stereocenters. The van der Waals surface area contributed by atoms with E-state index in [2.05, 4.69) is 33.0 Å². The Morgan fingerprint density at radius 1 is 1.35 bits per heavy atom. The lowest BCUT2D eigenvalue weighted by Gasteiger charge is -2.31. The average Bonchev–Trinajstić information content (AvgIpc) is 2.81. The number of carbonyl (C=O) groups is 1. The Morgan fingerprint density at radius 3 is 2.47 bits per heavy atom. The largest absolute Gasteiger partial charge is 0.328 e. The van der Waals surface area contributed by atoms with E-state index in [1.54, 1.807) is 0 Å². The molecule has 3 heteroatoms. The highest BCUT2D eigenvalue weighted by molar-refractivity contribution is 5.88. The van der Waals surface area contributed by atoms with Crippen LogP contribution in [-0.2, 0) is 4.79 Å². The molecule has 1 spiro atoms. The maximum Gasteiger partial charge on any atom is 0.243 e. The molecule has 2 aliphatic rings. The maximum atomic E-state index is 12.5. The van der Waals surface area contributed by atoms with Gasteiger partial charge in [0.2, 0.25) is 5.91 Å². The smallest absolute Gasteiger partial charge is 0.243 e. The van der Waals surface area contributed by atoms with E-state index in [1.807, 2.05) is 4.90 Å². The summed E-state index contributed by atoms with van der Waals surface area (Å²) in [7, 11) is 0. The molecule has 3 nitrogen and oxygen atoms in total. The second kappa shape index (κ2) is 4.27. The topological polar surface area (TPSA) is 32.3 Å². The van der Waals surface area contributed by atoms with Crippen LogP contribution in [0.4, 0.5) is 0 Å². The second-order valence-electron chi connectivity index (χ2n) is 6.92. The molecule has 0 aromatic heterocycles. The summed E-state index contributed by atoms with van der Waals surface area (Å²) in [5.74, 6) is 0.885. The Kier molecular flexibility index (Phi) is 3.23. The van der Waals surface area contributed by atoms with Gasteiger partial charge in [0, 0.05) is 6.54 Å². The summed E-state index contributed by atoms with van der Waals surface area (Å²) in [5, 5.41) is 3.47. The molecule has 1 saturated carbocycles. The summed E-state index contributed by atoms with van der Waals surface area (Å²) in [6.07, 6.45) is 4.46. The van der Waals surface area contributed by atoms with Crippen LogP contribution in [0.1, 0.15) is 53.4 Å². The first-order valence-corrected chi connectivity index (χ1v) is 6.90. The predicted molar refractivity (Wildman–Crippen MR) is 69.5 cm³/mol. The lowest BCUT2D eigenvalue weighted by molar-refractivity contribution is -0.133. The molecule has 1 saturated heterocycles. The monoisotopic (exact) mass is 238 g/mol. The van der Waals surface area contributed by atoms with E-state index >= 15 is 0 Å². The predicted octanol–water partition coefficient (Wildman–Crippen LogP) is 2.37. The van der Waals surface area contributed by atoms with Crippen LogP contribution in [-0.4, -0.2) is 29.6 Å². The first kappa shape index (κ1) is 12.9. The van der Waals surface area contributed by atoms with Gasteiger partial charge in [0.05, 0.1) is 12.2 Å². The highest BCUT2D eigenvalue weighted by atomic mass is 16.2. The molecule has 2 fully saturated rings. The first-order chi connectivity index (χ1) is 7.85. The van der Waals surface area contributed by atoms with E-state index in [0.29, 0.717) is 11.8 Å². The standard InChI is InChI=1S/C14H26N2O/c1-11(13(2,3)4)9-16-10-15-14(12(16)17)7-5-6-8-14/h11,15H,5-10H2,1-4H3. The number of hydrogen-bond acceptors (Lipinski definition) is 2. The third-order valence-corrected chi connectivity index (χ3v) is 4.73. The summed E-state index contributed by atoms with van der Waals surface area (Å²) in [6.45, 7) is 10.6. The van der Waals surface area contributed by atoms with Crippen LogP contribution in [0.2, 0.25) is 0 Å². The number of rotatable bonds is 2. The van der Waals surface area contributed by atoms with E-state index in [-0.39, 0.29) is 11.0 Å². The molecule has 2 rings (SSSR count). The van der Waals surface area contributed by atoms with E-state index in [0.717, 1.165) is 26.1 Å². The molecule has 0 aromatic rings. The van der Waals surface area contributed by atoms with Crippen molar-refractivity contribution in [2.24, 2.45) is 11.3 Å². The zero-order chi connectivity index (χ0) is 12.7. The summed E-state index contributed by atoms with van der Waals surface area (Å²) in [4.78, 5) is 14.5. The lowest BCUT2D eigenvalue weighted by Crippen LogP contribution is -2.44. The number of amides is 1. The van der Waals surface area contributed by atoms with Gasteiger partial charge in [-0.3, -0.25) is 10.1 Å². The van der Waals surface area contributed by atoms with Gasteiger partial charge in [0.1, 0.15) is 0 Å². The van der Waals surface area contributed by atoms with Gasteiger partial charge in [0.15, 0.2) is 0 Å². The van der Waals surface area contributed by atoms with Gasteiger partial charge in [-0.15, -0.1) is 0 Å². The van der Waals surface area contributed by atoms with Crippen molar-refractivity contribution in [1.29, 1.82) is 0 Å². The van der Waals surface area contributed by atoms with Crippen molar-refractivity contribution in [2.45, 2.75) is 58.9 Å². The number of nitrogens with one attached hydrogen (secondary N) is 1. The number of hydrogen-bond donors (Lipinski definition) is 1. The molecule has 1 unspecified atom stereocenters. The zero-order valence-corrected chi connectivity index (χ0v) is 11.7. The van der Waals surface area contributed by atoms with Crippen molar-refractivity contribution < 1.29 is 4.79 Å². The minimum atomic E-state index is -0.183. The highest BCUT2D eigenvalue weighted by Gasteiger charge is 2.48.